The predicted molar refractivity (Wildman–Crippen MR) is 71.0 cm³/mol. The van der Waals surface area contributed by atoms with E-state index in [1.54, 1.807) is 19.1 Å². The van der Waals surface area contributed by atoms with Gasteiger partial charge in [0, 0.05) is 23.2 Å². The molecule has 0 fully saturated rings. The number of hydrogen-bond donors (Lipinski definition) is 2. The predicted octanol–water partition coefficient (Wildman–Crippen LogP) is 2.48. The lowest BCUT2D eigenvalue weighted by Crippen LogP contribution is -2.44. The van der Waals surface area contributed by atoms with Gasteiger partial charge in [-0.25, -0.2) is 4.39 Å². The van der Waals surface area contributed by atoms with Crippen molar-refractivity contribution in [2.45, 2.75) is 39.4 Å². The molecule has 1 unspecified atom stereocenters. The average molecular weight is 273 g/mol. The maximum absolute atomic E-state index is 13.5. The molecule has 1 atom stereocenters. The van der Waals surface area contributed by atoms with Gasteiger partial charge in [-0.05, 0) is 32.9 Å². The van der Waals surface area contributed by atoms with Crippen LogP contribution < -0.4 is 10.6 Å². The van der Waals surface area contributed by atoms with Gasteiger partial charge in [0.2, 0.25) is 5.91 Å². The van der Waals surface area contributed by atoms with Crippen molar-refractivity contribution >= 4 is 17.5 Å². The topological polar surface area (TPSA) is 41.1 Å². The quantitative estimate of drug-likeness (QED) is 0.865. The van der Waals surface area contributed by atoms with E-state index in [4.69, 9.17) is 11.6 Å². The molecule has 0 spiro atoms. The molecule has 2 N–H and O–H groups in total. The van der Waals surface area contributed by atoms with Gasteiger partial charge in [0.1, 0.15) is 5.82 Å². The molecular formula is C13H18ClFN2O. The van der Waals surface area contributed by atoms with Crippen molar-refractivity contribution in [2.75, 3.05) is 0 Å². The maximum Gasteiger partial charge on any atom is 0.237 e. The molecule has 1 amide bonds. The van der Waals surface area contributed by atoms with E-state index < -0.39 is 0 Å². The molecule has 1 aromatic carbocycles. The third-order valence-electron chi connectivity index (χ3n) is 2.44. The molecule has 0 aliphatic rings. The molecule has 5 heteroatoms. The first kappa shape index (κ1) is 14.9. The number of hydrogen-bond acceptors (Lipinski definition) is 2. The summed E-state index contributed by atoms with van der Waals surface area (Å²) in [6.45, 7) is 5.81. The molecule has 0 aliphatic carbocycles. The van der Waals surface area contributed by atoms with Gasteiger partial charge in [0.05, 0.1) is 6.04 Å². The Balaban J connectivity index is 2.52. The van der Waals surface area contributed by atoms with Crippen LogP contribution in [0.3, 0.4) is 0 Å². The largest absolute Gasteiger partial charge is 0.353 e. The molecule has 18 heavy (non-hydrogen) atoms. The molecular weight excluding hydrogens is 255 g/mol. The van der Waals surface area contributed by atoms with Crippen molar-refractivity contribution in [2.24, 2.45) is 0 Å². The Bertz CT molecular complexity index is 423. The highest BCUT2D eigenvalue weighted by Crippen LogP contribution is 2.14. The summed E-state index contributed by atoms with van der Waals surface area (Å²) >= 11 is 5.66. The van der Waals surface area contributed by atoms with E-state index >= 15 is 0 Å². The van der Waals surface area contributed by atoms with Gasteiger partial charge in [0.25, 0.3) is 0 Å². The van der Waals surface area contributed by atoms with Crippen molar-refractivity contribution < 1.29 is 9.18 Å². The molecule has 3 nitrogen and oxygen atoms in total. The molecule has 0 saturated heterocycles. The standard InChI is InChI=1S/C13H18ClFN2O/c1-8(2)17-13(18)9(3)16-7-10-4-5-11(14)6-12(10)15/h4-6,8-9,16H,7H2,1-3H3,(H,17,18). The van der Waals surface area contributed by atoms with Crippen LogP contribution >= 0.6 is 11.6 Å². The Kier molecular flexibility index (Phi) is 5.56. The number of nitrogens with one attached hydrogen (secondary N) is 2. The fourth-order valence-corrected chi connectivity index (χ4v) is 1.59. The summed E-state index contributed by atoms with van der Waals surface area (Å²) in [5, 5.41) is 6.12. The fourth-order valence-electron chi connectivity index (χ4n) is 1.43. The van der Waals surface area contributed by atoms with Crippen LogP contribution in [0.5, 0.6) is 0 Å². The average Bonchev–Trinajstić information content (AvgIpc) is 2.26. The van der Waals surface area contributed by atoms with Crippen LogP contribution in [0.2, 0.25) is 5.02 Å². The monoisotopic (exact) mass is 272 g/mol. The third kappa shape index (κ3) is 4.63. The number of amides is 1. The van der Waals surface area contributed by atoms with Gasteiger partial charge >= 0.3 is 0 Å². The first-order valence-corrected chi connectivity index (χ1v) is 6.25. The minimum atomic E-state index is -0.373. The smallest absolute Gasteiger partial charge is 0.237 e. The summed E-state index contributed by atoms with van der Waals surface area (Å²) in [4.78, 5) is 11.6. The van der Waals surface area contributed by atoms with E-state index in [0.717, 1.165) is 0 Å². The Hall–Kier alpha value is -1.13. The lowest BCUT2D eigenvalue weighted by Gasteiger charge is -2.16. The molecule has 1 rings (SSSR count). The minimum absolute atomic E-state index is 0.0917. The zero-order valence-corrected chi connectivity index (χ0v) is 11.5. The summed E-state index contributed by atoms with van der Waals surface area (Å²) in [5.41, 5.74) is 0.489. The van der Waals surface area contributed by atoms with Crippen LogP contribution in [0, 0.1) is 5.82 Å². The SMILES string of the molecule is CC(C)NC(=O)C(C)NCc1ccc(Cl)cc1F. The van der Waals surface area contributed by atoms with E-state index in [1.807, 2.05) is 13.8 Å². The van der Waals surface area contributed by atoms with Crippen LogP contribution in [0.25, 0.3) is 0 Å². The van der Waals surface area contributed by atoms with Gasteiger partial charge in [-0.2, -0.15) is 0 Å². The van der Waals surface area contributed by atoms with Crippen LogP contribution in [0.1, 0.15) is 26.3 Å². The van der Waals surface area contributed by atoms with Crippen molar-refractivity contribution in [1.29, 1.82) is 0 Å². The van der Waals surface area contributed by atoms with Gasteiger partial charge in [-0.15, -0.1) is 0 Å². The van der Waals surface area contributed by atoms with Gasteiger partial charge < -0.3 is 10.6 Å². The van der Waals surface area contributed by atoms with Crippen molar-refractivity contribution in [3.63, 3.8) is 0 Å². The molecule has 0 heterocycles. The minimum Gasteiger partial charge on any atom is -0.353 e. The second-order valence-electron chi connectivity index (χ2n) is 4.50. The molecule has 0 aliphatic heterocycles. The third-order valence-corrected chi connectivity index (χ3v) is 2.67. The highest BCUT2D eigenvalue weighted by atomic mass is 35.5. The van der Waals surface area contributed by atoms with E-state index in [2.05, 4.69) is 10.6 Å². The van der Waals surface area contributed by atoms with E-state index in [0.29, 0.717) is 10.6 Å². The first-order valence-electron chi connectivity index (χ1n) is 5.88. The lowest BCUT2D eigenvalue weighted by atomic mass is 10.2. The Morgan fingerprint density at radius 3 is 2.61 bits per heavy atom. The van der Waals surface area contributed by atoms with Crippen molar-refractivity contribution in [3.05, 3.63) is 34.6 Å². The number of halogens is 2. The van der Waals surface area contributed by atoms with E-state index in [1.165, 1.54) is 6.07 Å². The zero-order chi connectivity index (χ0) is 13.7. The molecule has 1 aromatic rings. The summed E-state index contributed by atoms with van der Waals surface area (Å²) in [6.07, 6.45) is 0. The second-order valence-corrected chi connectivity index (χ2v) is 4.94. The van der Waals surface area contributed by atoms with Crippen LogP contribution in [-0.2, 0) is 11.3 Å². The highest BCUT2D eigenvalue weighted by molar-refractivity contribution is 6.30. The van der Waals surface area contributed by atoms with Gasteiger partial charge in [-0.3, -0.25) is 4.79 Å². The maximum atomic E-state index is 13.5. The van der Waals surface area contributed by atoms with Crippen molar-refractivity contribution in [1.82, 2.24) is 10.6 Å². The number of rotatable bonds is 5. The number of benzene rings is 1. The van der Waals surface area contributed by atoms with Gasteiger partial charge in [-0.1, -0.05) is 17.7 Å². The molecule has 100 valence electrons. The van der Waals surface area contributed by atoms with Gasteiger partial charge in [0.15, 0.2) is 0 Å². The number of carbonyl (C=O) groups is 1. The lowest BCUT2D eigenvalue weighted by molar-refractivity contribution is -0.123. The number of carbonyl (C=O) groups excluding carboxylic acids is 1. The van der Waals surface area contributed by atoms with Crippen molar-refractivity contribution in [3.8, 4) is 0 Å². The Morgan fingerprint density at radius 1 is 1.39 bits per heavy atom. The zero-order valence-electron chi connectivity index (χ0n) is 10.8. The van der Waals surface area contributed by atoms with E-state index in [9.17, 15) is 9.18 Å². The van der Waals surface area contributed by atoms with Crippen LogP contribution in [0.15, 0.2) is 18.2 Å². The summed E-state index contributed by atoms with van der Waals surface area (Å²) in [5.74, 6) is -0.467. The second kappa shape index (κ2) is 6.71. The summed E-state index contributed by atoms with van der Waals surface area (Å²) in [7, 11) is 0. The molecule has 0 radical (unpaired) electrons. The fraction of sp³-hybridized carbons (Fsp3) is 0.462. The summed E-state index contributed by atoms with van der Waals surface area (Å²) in [6, 6.07) is 4.21. The Morgan fingerprint density at radius 2 is 2.06 bits per heavy atom. The van der Waals surface area contributed by atoms with Crippen LogP contribution in [0.4, 0.5) is 4.39 Å². The first-order chi connectivity index (χ1) is 8.40. The molecule has 0 aromatic heterocycles. The normalized spacial score (nSPS) is 12.6. The molecule has 0 saturated carbocycles. The summed E-state index contributed by atoms with van der Waals surface area (Å²) < 4.78 is 13.5. The molecule has 0 bridgehead atoms. The van der Waals surface area contributed by atoms with E-state index in [-0.39, 0.29) is 30.4 Å². The Labute approximate surface area is 112 Å². The van der Waals surface area contributed by atoms with Crippen LogP contribution in [-0.4, -0.2) is 18.0 Å². The highest BCUT2D eigenvalue weighted by Gasteiger charge is 2.13.